The third-order valence-electron chi connectivity index (χ3n) is 2.81. The molecule has 0 radical (unpaired) electrons. The molecule has 7 nitrogen and oxygen atoms in total. The van der Waals surface area contributed by atoms with Crippen molar-refractivity contribution >= 4 is 0 Å². The molecule has 1 heterocycles. The van der Waals surface area contributed by atoms with E-state index in [4.69, 9.17) is 19.7 Å². The van der Waals surface area contributed by atoms with Crippen molar-refractivity contribution in [3.8, 4) is 0 Å². The molecular formula is C8H15NO6. The van der Waals surface area contributed by atoms with E-state index in [0.717, 1.165) is 0 Å². The Morgan fingerprint density at radius 2 is 1.93 bits per heavy atom. The minimum absolute atomic E-state index is 0.375. The highest BCUT2D eigenvalue weighted by Gasteiger charge is 2.52. The molecule has 0 aliphatic carbocycles. The molecule has 0 saturated carbocycles. The zero-order chi connectivity index (χ0) is 11.5. The fourth-order valence-corrected chi connectivity index (χ4v) is 1.54. The molecule has 1 fully saturated rings. The first kappa shape index (κ1) is 12.3. The maximum absolute atomic E-state index is 10.9. The molecule has 88 valence electrons. The Morgan fingerprint density at radius 1 is 1.47 bits per heavy atom. The standard InChI is InChI=1S/C8H15NO6/c1-6(7-14-2-3-15-7)8(4-10,5-11)9(12)13/h6-7,10-11H,2-5H2,1H3. The van der Waals surface area contributed by atoms with Crippen molar-refractivity contribution in [2.45, 2.75) is 18.8 Å². The minimum Gasteiger partial charge on any atom is -0.389 e. The van der Waals surface area contributed by atoms with Crippen LogP contribution in [0.15, 0.2) is 0 Å². The van der Waals surface area contributed by atoms with Gasteiger partial charge in [0.05, 0.1) is 19.1 Å². The van der Waals surface area contributed by atoms with Crippen LogP contribution in [0, 0.1) is 16.0 Å². The van der Waals surface area contributed by atoms with Gasteiger partial charge in [-0.25, -0.2) is 0 Å². The van der Waals surface area contributed by atoms with Crippen LogP contribution in [0.3, 0.4) is 0 Å². The van der Waals surface area contributed by atoms with Crippen LogP contribution in [0.4, 0.5) is 0 Å². The molecule has 0 amide bonds. The summed E-state index contributed by atoms with van der Waals surface area (Å²) < 4.78 is 10.3. The van der Waals surface area contributed by atoms with E-state index >= 15 is 0 Å². The van der Waals surface area contributed by atoms with Gasteiger partial charge in [0.2, 0.25) is 0 Å². The molecule has 1 saturated heterocycles. The van der Waals surface area contributed by atoms with Crippen LogP contribution < -0.4 is 0 Å². The largest absolute Gasteiger partial charge is 0.389 e. The molecule has 0 aromatic carbocycles. The molecule has 2 N–H and O–H groups in total. The van der Waals surface area contributed by atoms with E-state index < -0.39 is 35.9 Å². The van der Waals surface area contributed by atoms with Crippen LogP contribution in [0.2, 0.25) is 0 Å². The van der Waals surface area contributed by atoms with E-state index in [2.05, 4.69) is 0 Å². The summed E-state index contributed by atoms with van der Waals surface area (Å²) >= 11 is 0. The summed E-state index contributed by atoms with van der Waals surface area (Å²) in [6, 6.07) is 0. The molecule has 1 rings (SSSR count). The predicted molar refractivity (Wildman–Crippen MR) is 48.8 cm³/mol. The van der Waals surface area contributed by atoms with Gasteiger partial charge < -0.3 is 19.7 Å². The summed E-state index contributed by atoms with van der Waals surface area (Å²) in [4.78, 5) is 10.2. The third-order valence-corrected chi connectivity index (χ3v) is 2.81. The summed E-state index contributed by atoms with van der Waals surface area (Å²) in [6.07, 6.45) is -0.741. The Labute approximate surface area is 86.8 Å². The van der Waals surface area contributed by atoms with E-state index in [9.17, 15) is 10.1 Å². The smallest absolute Gasteiger partial charge is 0.274 e. The Balaban J connectivity index is 2.82. The number of ether oxygens (including phenoxy) is 2. The van der Waals surface area contributed by atoms with Gasteiger partial charge in [-0.05, 0) is 0 Å². The molecule has 0 bridgehead atoms. The minimum atomic E-state index is -1.81. The maximum Gasteiger partial charge on any atom is 0.274 e. The Hall–Kier alpha value is -0.760. The van der Waals surface area contributed by atoms with Gasteiger partial charge in [0, 0.05) is 4.92 Å². The number of nitrogens with zero attached hydrogens (tertiary/aromatic N) is 1. The van der Waals surface area contributed by atoms with Crippen LogP contribution >= 0.6 is 0 Å². The molecule has 1 aliphatic heterocycles. The van der Waals surface area contributed by atoms with Gasteiger partial charge in [-0.2, -0.15) is 0 Å². The van der Waals surface area contributed by atoms with Gasteiger partial charge in [-0.1, -0.05) is 6.92 Å². The first-order valence-corrected chi connectivity index (χ1v) is 4.68. The number of nitro groups is 1. The molecule has 1 aliphatic rings. The predicted octanol–water partition coefficient (Wildman–Crippen LogP) is -1.00. The summed E-state index contributed by atoms with van der Waals surface area (Å²) in [5.74, 6) is -0.718. The summed E-state index contributed by atoms with van der Waals surface area (Å²) in [5.41, 5.74) is -1.81. The van der Waals surface area contributed by atoms with Crippen LogP contribution in [-0.4, -0.2) is 53.4 Å². The molecule has 0 aromatic heterocycles. The van der Waals surface area contributed by atoms with E-state index in [1.54, 1.807) is 0 Å². The number of aliphatic hydroxyl groups excluding tert-OH is 2. The number of rotatable bonds is 5. The topological polar surface area (TPSA) is 102 Å². The van der Waals surface area contributed by atoms with Crippen molar-refractivity contribution in [1.29, 1.82) is 0 Å². The van der Waals surface area contributed by atoms with E-state index in [0.29, 0.717) is 13.2 Å². The second-order valence-corrected chi connectivity index (χ2v) is 3.58. The lowest BCUT2D eigenvalue weighted by Crippen LogP contribution is -2.55. The normalized spacial score (nSPS) is 20.5. The van der Waals surface area contributed by atoms with E-state index in [-0.39, 0.29) is 0 Å². The average Bonchev–Trinajstić information content (AvgIpc) is 2.72. The Bertz CT molecular complexity index is 223. The SMILES string of the molecule is CC(C1OCCO1)C(CO)(CO)[N+](=O)[O-]. The van der Waals surface area contributed by atoms with Gasteiger partial charge in [-0.3, -0.25) is 10.1 Å². The molecule has 15 heavy (non-hydrogen) atoms. The highest BCUT2D eigenvalue weighted by atomic mass is 16.7. The van der Waals surface area contributed by atoms with Crippen molar-refractivity contribution in [3.63, 3.8) is 0 Å². The van der Waals surface area contributed by atoms with Gasteiger partial charge >= 0.3 is 0 Å². The molecule has 1 atom stereocenters. The first-order valence-electron chi connectivity index (χ1n) is 4.68. The van der Waals surface area contributed by atoms with Gasteiger partial charge in [-0.15, -0.1) is 0 Å². The second-order valence-electron chi connectivity index (χ2n) is 3.58. The van der Waals surface area contributed by atoms with Gasteiger partial charge in [0.1, 0.15) is 13.2 Å². The Kier molecular flexibility index (Phi) is 3.97. The van der Waals surface area contributed by atoms with Crippen LogP contribution in [0.1, 0.15) is 6.92 Å². The van der Waals surface area contributed by atoms with Crippen LogP contribution in [0.25, 0.3) is 0 Å². The lowest BCUT2D eigenvalue weighted by molar-refractivity contribution is -0.592. The fourth-order valence-electron chi connectivity index (χ4n) is 1.54. The number of hydrogen-bond acceptors (Lipinski definition) is 6. The quantitative estimate of drug-likeness (QED) is 0.456. The highest BCUT2D eigenvalue weighted by Crippen LogP contribution is 2.28. The fraction of sp³-hybridized carbons (Fsp3) is 1.00. The average molecular weight is 221 g/mol. The lowest BCUT2D eigenvalue weighted by atomic mass is 9.86. The molecular weight excluding hydrogens is 206 g/mol. The monoisotopic (exact) mass is 221 g/mol. The second kappa shape index (κ2) is 4.84. The highest BCUT2D eigenvalue weighted by molar-refractivity contribution is 4.86. The number of aliphatic hydroxyl groups is 2. The van der Waals surface area contributed by atoms with Crippen molar-refractivity contribution < 1.29 is 24.6 Å². The maximum atomic E-state index is 10.9. The van der Waals surface area contributed by atoms with Crippen molar-refractivity contribution in [1.82, 2.24) is 0 Å². The van der Waals surface area contributed by atoms with Crippen molar-refractivity contribution in [2.24, 2.45) is 5.92 Å². The zero-order valence-corrected chi connectivity index (χ0v) is 8.46. The number of hydrogen-bond donors (Lipinski definition) is 2. The zero-order valence-electron chi connectivity index (χ0n) is 8.46. The first-order chi connectivity index (χ1) is 7.08. The molecule has 0 spiro atoms. The van der Waals surface area contributed by atoms with Crippen molar-refractivity contribution in [3.05, 3.63) is 10.1 Å². The van der Waals surface area contributed by atoms with E-state index in [1.807, 2.05) is 0 Å². The molecule has 7 heteroatoms. The molecule has 1 unspecified atom stereocenters. The van der Waals surface area contributed by atoms with Crippen LogP contribution in [-0.2, 0) is 9.47 Å². The summed E-state index contributed by atoms with van der Waals surface area (Å²) in [7, 11) is 0. The van der Waals surface area contributed by atoms with E-state index in [1.165, 1.54) is 6.92 Å². The van der Waals surface area contributed by atoms with Crippen molar-refractivity contribution in [2.75, 3.05) is 26.4 Å². The van der Waals surface area contributed by atoms with Crippen LogP contribution in [0.5, 0.6) is 0 Å². The van der Waals surface area contributed by atoms with Gasteiger partial charge in [0.25, 0.3) is 5.54 Å². The Morgan fingerprint density at radius 3 is 2.27 bits per heavy atom. The molecule has 0 aromatic rings. The summed E-state index contributed by atoms with van der Waals surface area (Å²) in [5, 5.41) is 29.0. The lowest BCUT2D eigenvalue weighted by Gasteiger charge is -2.29. The third kappa shape index (κ3) is 2.10. The van der Waals surface area contributed by atoms with Gasteiger partial charge in [0.15, 0.2) is 6.29 Å². The summed E-state index contributed by atoms with van der Waals surface area (Å²) in [6.45, 7) is 0.770.